The van der Waals surface area contributed by atoms with Crippen molar-refractivity contribution in [2.75, 3.05) is 18.5 Å². The molecule has 2 heterocycles. The van der Waals surface area contributed by atoms with Gasteiger partial charge in [0.25, 0.3) is 5.91 Å². The van der Waals surface area contributed by atoms with Crippen LogP contribution in [0.2, 0.25) is 0 Å². The number of ether oxygens (including phenoxy) is 2. The fourth-order valence-corrected chi connectivity index (χ4v) is 3.84. The van der Waals surface area contributed by atoms with E-state index in [1.54, 1.807) is 0 Å². The maximum absolute atomic E-state index is 14.5. The van der Waals surface area contributed by atoms with Gasteiger partial charge in [-0.2, -0.15) is 31.5 Å². The number of hydrogen-bond acceptors (Lipinski definition) is 8. The first kappa shape index (κ1) is 19.8. The molecule has 0 N–H and O–H groups in total. The third kappa shape index (κ3) is 2.65. The van der Waals surface area contributed by atoms with E-state index in [0.717, 1.165) is 6.07 Å². The van der Waals surface area contributed by atoms with Gasteiger partial charge < -0.3 is 9.47 Å². The molecule has 1 aromatic carbocycles. The van der Waals surface area contributed by atoms with Crippen LogP contribution in [0.5, 0.6) is 12.0 Å². The molecule has 0 saturated heterocycles. The zero-order chi connectivity index (χ0) is 20.9. The van der Waals surface area contributed by atoms with Crippen molar-refractivity contribution in [1.29, 1.82) is 0 Å². The number of sulfonamides is 1. The second-order valence-corrected chi connectivity index (χ2v) is 7.52. The Bertz CT molecular complexity index is 1040. The SMILES string of the molecule is COc1nc(OC)nc(C2(C)C(=O)N(S(=O)(=O)C(F)F)c3c(F)cccc32)n1. The monoisotopic (exact) mass is 418 g/mol. The number of aromatic nitrogens is 3. The normalized spacial score (nSPS) is 19.1. The van der Waals surface area contributed by atoms with E-state index in [9.17, 15) is 26.4 Å². The van der Waals surface area contributed by atoms with E-state index in [-0.39, 0.29) is 27.7 Å². The number of halogens is 3. The van der Waals surface area contributed by atoms with E-state index >= 15 is 0 Å². The van der Waals surface area contributed by atoms with Crippen LogP contribution in [-0.4, -0.2) is 49.3 Å². The quantitative estimate of drug-likeness (QED) is 0.713. The summed E-state index contributed by atoms with van der Waals surface area (Å²) in [6, 6.07) is 2.72. The lowest BCUT2D eigenvalue weighted by Gasteiger charge is -2.22. The standard InChI is InChI=1S/C15H13F3N4O5S/c1-15(10-19-13(26-2)21-14(20-10)27-3)7-5-4-6-8(16)9(7)22(11(15)23)28(24,25)12(17)18/h4-6,12H,1-3H3. The van der Waals surface area contributed by atoms with Crippen LogP contribution >= 0.6 is 0 Å². The van der Waals surface area contributed by atoms with Crippen LogP contribution in [0, 0.1) is 5.82 Å². The van der Waals surface area contributed by atoms with Gasteiger partial charge in [0.1, 0.15) is 16.9 Å². The lowest BCUT2D eigenvalue weighted by molar-refractivity contribution is -0.120. The van der Waals surface area contributed by atoms with Crippen molar-refractivity contribution in [3.63, 3.8) is 0 Å². The average molecular weight is 418 g/mol. The highest BCUT2D eigenvalue weighted by Crippen LogP contribution is 2.48. The fourth-order valence-electron chi connectivity index (χ4n) is 2.83. The van der Waals surface area contributed by atoms with E-state index < -0.39 is 38.6 Å². The third-order valence-corrected chi connectivity index (χ3v) is 5.53. The Balaban J connectivity index is 2.35. The summed E-state index contributed by atoms with van der Waals surface area (Å²) in [7, 11) is -3.05. The van der Waals surface area contributed by atoms with Crippen LogP contribution in [0.4, 0.5) is 18.9 Å². The van der Waals surface area contributed by atoms with Crippen LogP contribution in [0.15, 0.2) is 18.2 Å². The van der Waals surface area contributed by atoms with E-state index in [0.29, 0.717) is 0 Å². The molecule has 1 aliphatic heterocycles. The molecule has 13 heteroatoms. The average Bonchev–Trinajstić information content (AvgIpc) is 2.91. The van der Waals surface area contributed by atoms with E-state index in [1.807, 2.05) is 0 Å². The Morgan fingerprint density at radius 3 is 2.18 bits per heavy atom. The summed E-state index contributed by atoms with van der Waals surface area (Å²) in [5.41, 5.74) is -3.05. The van der Waals surface area contributed by atoms with Crippen molar-refractivity contribution in [2.24, 2.45) is 0 Å². The minimum Gasteiger partial charge on any atom is -0.467 e. The minimum absolute atomic E-state index is 0.211. The summed E-state index contributed by atoms with van der Waals surface area (Å²) in [6.07, 6.45) is 0. The third-order valence-electron chi connectivity index (χ3n) is 4.23. The van der Waals surface area contributed by atoms with E-state index in [1.165, 1.54) is 33.3 Å². The summed E-state index contributed by atoms with van der Waals surface area (Å²) in [6.45, 7) is 1.18. The molecule has 2 aromatic rings. The Hall–Kier alpha value is -2.96. The van der Waals surface area contributed by atoms with Crippen molar-refractivity contribution in [1.82, 2.24) is 15.0 Å². The van der Waals surface area contributed by atoms with Crippen LogP contribution in [-0.2, 0) is 20.2 Å². The van der Waals surface area contributed by atoms with Gasteiger partial charge in [0, 0.05) is 5.56 Å². The first-order valence-corrected chi connectivity index (χ1v) is 9.09. The number of benzene rings is 1. The Morgan fingerprint density at radius 1 is 1.11 bits per heavy atom. The maximum Gasteiger partial charge on any atom is 0.355 e. The molecule has 0 saturated carbocycles. The van der Waals surface area contributed by atoms with Gasteiger partial charge in [-0.25, -0.2) is 4.39 Å². The summed E-state index contributed by atoms with van der Waals surface area (Å²) >= 11 is 0. The summed E-state index contributed by atoms with van der Waals surface area (Å²) in [5.74, 6) is -6.86. The largest absolute Gasteiger partial charge is 0.467 e. The minimum atomic E-state index is -5.50. The summed E-state index contributed by atoms with van der Waals surface area (Å²) in [4.78, 5) is 24.6. The molecule has 0 spiro atoms. The molecule has 3 rings (SSSR count). The number of anilines is 1. The summed E-state index contributed by atoms with van der Waals surface area (Å²) in [5, 5.41) is 0. The highest BCUT2D eigenvalue weighted by atomic mass is 32.2. The fraction of sp³-hybridized carbons (Fsp3) is 0.333. The second kappa shape index (κ2) is 6.58. The van der Waals surface area contributed by atoms with Gasteiger partial charge in [0.05, 0.1) is 14.2 Å². The molecule has 0 radical (unpaired) electrons. The van der Waals surface area contributed by atoms with Gasteiger partial charge in [0.15, 0.2) is 5.82 Å². The number of rotatable bonds is 5. The molecule has 0 bridgehead atoms. The molecule has 1 amide bonds. The maximum atomic E-state index is 14.5. The predicted molar refractivity (Wildman–Crippen MR) is 88.2 cm³/mol. The van der Waals surface area contributed by atoms with Crippen molar-refractivity contribution < 1.29 is 35.9 Å². The molecule has 28 heavy (non-hydrogen) atoms. The molecular weight excluding hydrogens is 405 g/mol. The highest BCUT2D eigenvalue weighted by Gasteiger charge is 2.57. The van der Waals surface area contributed by atoms with Gasteiger partial charge in [-0.3, -0.25) is 4.79 Å². The van der Waals surface area contributed by atoms with Gasteiger partial charge >= 0.3 is 27.8 Å². The molecule has 1 aliphatic rings. The van der Waals surface area contributed by atoms with Crippen molar-refractivity contribution in [2.45, 2.75) is 18.1 Å². The lowest BCUT2D eigenvalue weighted by atomic mass is 9.83. The summed E-state index contributed by atoms with van der Waals surface area (Å²) < 4.78 is 74.6. The number of carbonyl (C=O) groups excluding carboxylic acids is 1. The van der Waals surface area contributed by atoms with E-state index in [4.69, 9.17) is 9.47 Å². The molecule has 1 unspecified atom stereocenters. The van der Waals surface area contributed by atoms with Gasteiger partial charge in [-0.15, -0.1) is 4.98 Å². The highest BCUT2D eigenvalue weighted by molar-refractivity contribution is 7.93. The number of methoxy groups -OCH3 is 2. The van der Waals surface area contributed by atoms with Crippen LogP contribution in [0.1, 0.15) is 18.3 Å². The lowest BCUT2D eigenvalue weighted by Crippen LogP contribution is -2.45. The van der Waals surface area contributed by atoms with E-state index in [2.05, 4.69) is 15.0 Å². The smallest absolute Gasteiger partial charge is 0.355 e. The first-order valence-electron chi connectivity index (χ1n) is 7.59. The first-order chi connectivity index (χ1) is 13.1. The zero-order valence-electron chi connectivity index (χ0n) is 14.7. The molecule has 0 fully saturated rings. The molecule has 9 nitrogen and oxygen atoms in total. The Morgan fingerprint density at radius 2 is 1.68 bits per heavy atom. The Labute approximate surface area is 157 Å². The van der Waals surface area contributed by atoms with Crippen molar-refractivity contribution in [3.05, 3.63) is 35.4 Å². The zero-order valence-corrected chi connectivity index (χ0v) is 15.5. The number of alkyl halides is 2. The second-order valence-electron chi connectivity index (χ2n) is 5.77. The number of nitrogens with zero attached hydrogens (tertiary/aromatic N) is 4. The number of fused-ring (bicyclic) bond motifs is 1. The molecular formula is C15H13F3N4O5S. The van der Waals surface area contributed by atoms with Crippen LogP contribution in [0.3, 0.4) is 0 Å². The predicted octanol–water partition coefficient (Wildman–Crippen LogP) is 1.23. The number of carbonyl (C=O) groups is 1. The number of amides is 1. The van der Waals surface area contributed by atoms with Crippen molar-refractivity contribution in [3.8, 4) is 12.0 Å². The topological polar surface area (TPSA) is 112 Å². The number of para-hydroxylation sites is 1. The van der Waals surface area contributed by atoms with Crippen molar-refractivity contribution >= 4 is 21.6 Å². The van der Waals surface area contributed by atoms with Gasteiger partial charge in [0.2, 0.25) is 0 Å². The Kier molecular flexibility index (Phi) is 4.65. The molecule has 1 atom stereocenters. The van der Waals surface area contributed by atoms with Crippen LogP contribution < -0.4 is 13.8 Å². The molecule has 1 aromatic heterocycles. The molecule has 150 valence electrons. The molecule has 0 aliphatic carbocycles. The van der Waals surface area contributed by atoms with Crippen LogP contribution in [0.25, 0.3) is 0 Å². The number of hydrogen-bond donors (Lipinski definition) is 0. The van der Waals surface area contributed by atoms with Gasteiger partial charge in [-0.05, 0) is 13.0 Å². The van der Waals surface area contributed by atoms with Gasteiger partial charge in [-0.1, -0.05) is 12.1 Å².